The molecule has 1 fully saturated rings. The summed E-state index contributed by atoms with van der Waals surface area (Å²) < 4.78 is 16.4. The number of esters is 1. The molecule has 0 spiro atoms. The van der Waals surface area contributed by atoms with E-state index in [4.69, 9.17) is 14.2 Å². The van der Waals surface area contributed by atoms with Gasteiger partial charge in [0, 0.05) is 17.3 Å². The Balaban J connectivity index is 1.80. The molecule has 8 nitrogen and oxygen atoms in total. The fourth-order valence-corrected chi connectivity index (χ4v) is 4.45. The van der Waals surface area contributed by atoms with Gasteiger partial charge in [-0.05, 0) is 44.0 Å². The zero-order valence-electron chi connectivity index (χ0n) is 18.8. The molecule has 2 aliphatic rings. The number of para-hydroxylation sites is 1. The van der Waals surface area contributed by atoms with Crippen LogP contribution in [0.15, 0.2) is 42.5 Å². The molecule has 1 N–H and O–H groups in total. The molecule has 0 radical (unpaired) electrons. The van der Waals surface area contributed by atoms with Gasteiger partial charge < -0.3 is 19.5 Å². The molecule has 2 aromatic rings. The Hall–Kier alpha value is -3.55. The van der Waals surface area contributed by atoms with Crippen LogP contribution in [-0.4, -0.2) is 44.1 Å². The monoisotopic (exact) mass is 452 g/mol. The largest absolute Gasteiger partial charge is 0.493 e. The minimum atomic E-state index is -0.983. The molecule has 2 aromatic carbocycles. The molecule has 0 bridgehead atoms. The van der Waals surface area contributed by atoms with Crippen molar-refractivity contribution in [2.75, 3.05) is 25.2 Å². The van der Waals surface area contributed by atoms with E-state index in [-0.39, 0.29) is 25.2 Å². The predicted molar refractivity (Wildman–Crippen MR) is 122 cm³/mol. The number of amides is 2. The van der Waals surface area contributed by atoms with Crippen molar-refractivity contribution in [1.82, 2.24) is 5.32 Å². The molecule has 4 rings (SSSR count). The highest BCUT2D eigenvalue weighted by molar-refractivity contribution is 6.04. The first-order chi connectivity index (χ1) is 16.0. The van der Waals surface area contributed by atoms with Crippen LogP contribution in [0.1, 0.15) is 54.6 Å². The highest BCUT2D eigenvalue weighted by atomic mass is 16.5. The highest BCUT2D eigenvalue weighted by Crippen LogP contribution is 2.41. The Morgan fingerprint density at radius 1 is 1.15 bits per heavy atom. The van der Waals surface area contributed by atoms with Crippen LogP contribution in [0.5, 0.6) is 11.5 Å². The van der Waals surface area contributed by atoms with Crippen molar-refractivity contribution in [3.63, 3.8) is 0 Å². The van der Waals surface area contributed by atoms with Gasteiger partial charge in [0.1, 0.15) is 6.04 Å². The summed E-state index contributed by atoms with van der Waals surface area (Å²) in [5.74, 6) is -0.380. The summed E-state index contributed by atoms with van der Waals surface area (Å²) in [4.78, 5) is 40.6. The van der Waals surface area contributed by atoms with E-state index in [1.165, 1.54) is 12.0 Å². The maximum atomic E-state index is 13.6. The van der Waals surface area contributed by atoms with Gasteiger partial charge >= 0.3 is 5.97 Å². The van der Waals surface area contributed by atoms with Gasteiger partial charge in [-0.1, -0.05) is 31.0 Å². The SMILES string of the molecule is CCOC(=O)c1cccc(N2C(=O)COc3c(OC)cccc3C2C(=O)NC2CCCC2)c1. The van der Waals surface area contributed by atoms with Gasteiger partial charge in [0.05, 0.1) is 19.3 Å². The lowest BCUT2D eigenvalue weighted by Gasteiger charge is -2.30. The number of nitrogens with one attached hydrogen (secondary N) is 1. The van der Waals surface area contributed by atoms with E-state index in [2.05, 4.69) is 5.32 Å². The van der Waals surface area contributed by atoms with Crippen molar-refractivity contribution >= 4 is 23.5 Å². The van der Waals surface area contributed by atoms with Crippen LogP contribution in [0.25, 0.3) is 0 Å². The van der Waals surface area contributed by atoms with Crippen LogP contribution in [0.2, 0.25) is 0 Å². The van der Waals surface area contributed by atoms with Crippen molar-refractivity contribution in [3.8, 4) is 11.5 Å². The Labute approximate surface area is 192 Å². The highest BCUT2D eigenvalue weighted by Gasteiger charge is 2.39. The van der Waals surface area contributed by atoms with Gasteiger partial charge in [0.25, 0.3) is 5.91 Å². The predicted octanol–water partition coefficient (Wildman–Crippen LogP) is 3.40. The lowest BCUT2D eigenvalue weighted by molar-refractivity contribution is -0.127. The quantitative estimate of drug-likeness (QED) is 0.675. The Morgan fingerprint density at radius 2 is 1.91 bits per heavy atom. The summed E-state index contributed by atoms with van der Waals surface area (Å²) in [6.07, 6.45) is 3.94. The Kier molecular flexibility index (Phi) is 6.82. The van der Waals surface area contributed by atoms with E-state index in [0.717, 1.165) is 25.7 Å². The smallest absolute Gasteiger partial charge is 0.338 e. The van der Waals surface area contributed by atoms with Crippen LogP contribution >= 0.6 is 0 Å². The lowest BCUT2D eigenvalue weighted by Crippen LogP contribution is -2.46. The number of hydrogen-bond acceptors (Lipinski definition) is 6. The van der Waals surface area contributed by atoms with E-state index < -0.39 is 17.9 Å². The number of carbonyl (C=O) groups excluding carboxylic acids is 3. The fraction of sp³-hybridized carbons (Fsp3) is 0.400. The normalized spacial score (nSPS) is 18.2. The van der Waals surface area contributed by atoms with Crippen molar-refractivity contribution < 1.29 is 28.6 Å². The second-order valence-electron chi connectivity index (χ2n) is 8.09. The van der Waals surface area contributed by atoms with Crippen LogP contribution in [-0.2, 0) is 14.3 Å². The molecule has 33 heavy (non-hydrogen) atoms. The number of anilines is 1. The zero-order chi connectivity index (χ0) is 23.4. The van der Waals surface area contributed by atoms with Crippen LogP contribution in [0.3, 0.4) is 0 Å². The van der Waals surface area contributed by atoms with Crippen molar-refractivity contribution in [3.05, 3.63) is 53.6 Å². The molecule has 1 unspecified atom stereocenters. The third-order valence-electron chi connectivity index (χ3n) is 5.98. The maximum Gasteiger partial charge on any atom is 0.338 e. The number of nitrogens with zero attached hydrogens (tertiary/aromatic N) is 1. The van der Waals surface area contributed by atoms with Crippen molar-refractivity contribution in [2.45, 2.75) is 44.7 Å². The molecule has 8 heteroatoms. The Bertz CT molecular complexity index is 1050. The lowest BCUT2D eigenvalue weighted by atomic mass is 10.0. The van der Waals surface area contributed by atoms with Gasteiger partial charge in [0.15, 0.2) is 18.1 Å². The molecule has 1 aliphatic heterocycles. The molecule has 1 atom stereocenters. The van der Waals surface area contributed by atoms with E-state index in [9.17, 15) is 14.4 Å². The molecule has 1 aliphatic carbocycles. The van der Waals surface area contributed by atoms with Crippen molar-refractivity contribution in [1.29, 1.82) is 0 Å². The first-order valence-electron chi connectivity index (χ1n) is 11.2. The summed E-state index contributed by atoms with van der Waals surface area (Å²) in [5.41, 5.74) is 1.24. The third kappa shape index (κ3) is 4.65. The molecular weight excluding hydrogens is 424 g/mol. The van der Waals surface area contributed by atoms with Crippen molar-refractivity contribution in [2.24, 2.45) is 0 Å². The van der Waals surface area contributed by atoms with E-state index in [1.807, 2.05) is 0 Å². The number of fused-ring (bicyclic) bond motifs is 1. The first-order valence-corrected chi connectivity index (χ1v) is 11.2. The van der Waals surface area contributed by atoms with Gasteiger partial charge in [-0.25, -0.2) is 4.79 Å². The average Bonchev–Trinajstić information content (AvgIpc) is 3.28. The summed E-state index contributed by atoms with van der Waals surface area (Å²) in [6, 6.07) is 10.9. The van der Waals surface area contributed by atoms with E-state index in [1.54, 1.807) is 49.4 Å². The molecule has 174 valence electrons. The van der Waals surface area contributed by atoms with Crippen LogP contribution in [0, 0.1) is 0 Å². The second kappa shape index (κ2) is 9.94. The number of hydrogen-bond donors (Lipinski definition) is 1. The average molecular weight is 453 g/mol. The molecule has 2 amide bonds. The first kappa shape index (κ1) is 22.6. The minimum absolute atomic E-state index is 0.0681. The molecule has 0 aromatic heterocycles. The molecule has 1 heterocycles. The fourth-order valence-electron chi connectivity index (χ4n) is 4.45. The third-order valence-corrected chi connectivity index (χ3v) is 5.98. The Morgan fingerprint density at radius 3 is 2.64 bits per heavy atom. The second-order valence-corrected chi connectivity index (χ2v) is 8.09. The summed E-state index contributed by atoms with van der Waals surface area (Å²) in [7, 11) is 1.51. The standard InChI is InChI=1S/C25H28N2O6/c1-3-32-25(30)16-8-6-11-18(14-16)27-21(28)15-33-23-19(12-7-13-20(23)31-2)22(27)24(29)26-17-9-4-5-10-17/h6-8,11-14,17,22H,3-5,9-10,15H2,1-2H3,(H,26,29). The summed E-state index contributed by atoms with van der Waals surface area (Å²) in [6.45, 7) is 1.69. The van der Waals surface area contributed by atoms with Gasteiger partial charge in [-0.2, -0.15) is 0 Å². The number of methoxy groups -OCH3 is 1. The topological polar surface area (TPSA) is 94.2 Å². The van der Waals surface area contributed by atoms with Crippen LogP contribution < -0.4 is 19.7 Å². The summed E-state index contributed by atoms with van der Waals surface area (Å²) in [5, 5.41) is 3.11. The van der Waals surface area contributed by atoms with Gasteiger partial charge in [-0.3, -0.25) is 14.5 Å². The van der Waals surface area contributed by atoms with Gasteiger partial charge in [0.2, 0.25) is 5.91 Å². The molecule has 1 saturated carbocycles. The van der Waals surface area contributed by atoms with E-state index >= 15 is 0 Å². The molecule has 0 saturated heterocycles. The molecular formula is C25H28N2O6. The number of ether oxygens (including phenoxy) is 3. The summed E-state index contributed by atoms with van der Waals surface area (Å²) >= 11 is 0. The zero-order valence-corrected chi connectivity index (χ0v) is 18.8. The van der Waals surface area contributed by atoms with Crippen LogP contribution in [0.4, 0.5) is 5.69 Å². The number of benzene rings is 2. The van der Waals surface area contributed by atoms with Gasteiger partial charge in [-0.15, -0.1) is 0 Å². The van der Waals surface area contributed by atoms with E-state index in [0.29, 0.717) is 28.3 Å². The number of carbonyl (C=O) groups is 3. The maximum absolute atomic E-state index is 13.6. The minimum Gasteiger partial charge on any atom is -0.493 e. The number of rotatable bonds is 6.